The van der Waals surface area contributed by atoms with E-state index in [0.717, 1.165) is 5.56 Å². The van der Waals surface area contributed by atoms with Gasteiger partial charge in [0.2, 0.25) is 0 Å². The van der Waals surface area contributed by atoms with Crippen LogP contribution in [0.4, 0.5) is 0 Å². The molecule has 0 unspecified atom stereocenters. The largest absolute Gasteiger partial charge is 0.463 e. The number of hydrogen-bond acceptors (Lipinski definition) is 7. The van der Waals surface area contributed by atoms with Crippen LogP contribution in [0.2, 0.25) is 36.3 Å². The monoisotopic (exact) mass is 565 g/mol. The van der Waals surface area contributed by atoms with Gasteiger partial charge >= 0.3 is 5.97 Å². The predicted molar refractivity (Wildman–Crippen MR) is 154 cm³/mol. The summed E-state index contributed by atoms with van der Waals surface area (Å²) >= 11 is 0. The van der Waals surface area contributed by atoms with Gasteiger partial charge in [0.05, 0.1) is 20.8 Å². The average molecular weight is 566 g/mol. The molecule has 1 fully saturated rings. The van der Waals surface area contributed by atoms with E-state index in [4.69, 9.17) is 18.6 Å². The van der Waals surface area contributed by atoms with Gasteiger partial charge in [0.15, 0.2) is 14.6 Å². The third-order valence-electron chi connectivity index (χ3n) is 8.80. The fourth-order valence-electron chi connectivity index (χ4n) is 4.38. The highest BCUT2D eigenvalue weighted by Gasteiger charge is 2.67. The van der Waals surface area contributed by atoms with Crippen LogP contribution in [0.5, 0.6) is 0 Å². The maximum atomic E-state index is 12.8. The van der Waals surface area contributed by atoms with Crippen molar-refractivity contribution in [2.45, 2.75) is 121 Å². The molecule has 214 valence electrons. The van der Waals surface area contributed by atoms with Crippen LogP contribution in [0.1, 0.15) is 54.0 Å². The number of nitrogens with zero attached hydrogens (tertiary/aromatic N) is 3. The van der Waals surface area contributed by atoms with Crippen LogP contribution in [0.15, 0.2) is 35.4 Å². The second-order valence-electron chi connectivity index (χ2n) is 13.3. The molecule has 0 saturated carbocycles. The Balaban J connectivity index is 2.73. The summed E-state index contributed by atoms with van der Waals surface area (Å²) in [6, 6.07) is 8.66. The molecular weight excluding hydrogens is 518 g/mol. The third kappa shape index (κ3) is 6.70. The zero-order valence-electron chi connectivity index (χ0n) is 24.9. The Bertz CT molecular complexity index is 1000. The van der Waals surface area contributed by atoms with Gasteiger partial charge in [-0.3, -0.25) is 4.79 Å². The number of ether oxygens (including phenoxy) is 3. The fraction of sp³-hybridized carbons (Fsp3) is 0.741. The molecule has 0 aromatic heterocycles. The molecule has 5 atom stereocenters. The molecule has 38 heavy (non-hydrogen) atoms. The molecule has 0 amide bonds. The first-order valence-electron chi connectivity index (χ1n) is 13.2. The van der Waals surface area contributed by atoms with E-state index < -0.39 is 52.1 Å². The lowest BCUT2D eigenvalue weighted by Crippen LogP contribution is -2.79. The highest BCUT2D eigenvalue weighted by atomic mass is 28.4. The summed E-state index contributed by atoms with van der Waals surface area (Å²) in [6.07, 6.45) is -2.91. The van der Waals surface area contributed by atoms with Crippen LogP contribution in [-0.2, 0) is 30.0 Å². The second kappa shape index (κ2) is 11.8. The first kappa shape index (κ1) is 32.5. The van der Waals surface area contributed by atoms with Gasteiger partial charge in [-0.05, 0) is 34.3 Å². The number of carbonyl (C=O) groups excluding carboxylic acids is 1. The summed E-state index contributed by atoms with van der Waals surface area (Å²) in [6.45, 7) is 22.2. The van der Waals surface area contributed by atoms with Crippen LogP contribution in [-0.4, -0.2) is 63.8 Å². The molecule has 0 aliphatic carbocycles. The molecule has 1 heterocycles. The molecule has 1 aliphatic rings. The second-order valence-corrected chi connectivity index (χ2v) is 23.6. The van der Waals surface area contributed by atoms with E-state index in [-0.39, 0.29) is 23.3 Å². The Morgan fingerprint density at radius 1 is 1.11 bits per heavy atom. The molecule has 0 radical (unpaired) electrons. The smallest absolute Gasteiger partial charge is 0.302 e. The van der Waals surface area contributed by atoms with Gasteiger partial charge < -0.3 is 23.7 Å². The molecule has 9 nitrogen and oxygen atoms in total. The number of esters is 1. The highest BCUT2D eigenvalue weighted by molar-refractivity contribution is 6.83. The third-order valence-corrected chi connectivity index (χ3v) is 19.6. The molecule has 0 bridgehead atoms. The average Bonchev–Trinajstić information content (AvgIpc) is 2.78. The minimum Gasteiger partial charge on any atom is -0.463 e. The molecule has 0 spiro atoms. The summed E-state index contributed by atoms with van der Waals surface area (Å²) in [7, 11) is -5.20. The quantitative estimate of drug-likeness (QED) is 0.123. The van der Waals surface area contributed by atoms with Gasteiger partial charge in [0.1, 0.15) is 24.0 Å². The molecule has 11 heteroatoms. The Morgan fingerprint density at radius 2 is 1.68 bits per heavy atom. The Morgan fingerprint density at radius 3 is 2.16 bits per heavy atom. The number of carbonyl (C=O) groups is 1. The first-order chi connectivity index (χ1) is 17.3. The van der Waals surface area contributed by atoms with Gasteiger partial charge in [-0.25, -0.2) is 0 Å². The zero-order chi connectivity index (χ0) is 29.2. The highest BCUT2D eigenvalue weighted by Crippen LogP contribution is 2.51. The number of rotatable bonds is 9. The van der Waals surface area contributed by atoms with Gasteiger partial charge in [0, 0.05) is 11.8 Å². The molecule has 1 aromatic rings. The Hall–Kier alpha value is -1.73. The van der Waals surface area contributed by atoms with E-state index in [2.05, 4.69) is 77.8 Å². The topological polar surface area (TPSA) is 123 Å². The first-order valence-corrected chi connectivity index (χ1v) is 19.1. The van der Waals surface area contributed by atoms with E-state index in [0.29, 0.717) is 0 Å². The van der Waals surface area contributed by atoms with Crippen molar-refractivity contribution in [3.05, 3.63) is 46.3 Å². The number of azide groups is 1. The maximum absolute atomic E-state index is 12.8. The van der Waals surface area contributed by atoms with Gasteiger partial charge in [-0.2, -0.15) is 0 Å². The van der Waals surface area contributed by atoms with Crippen LogP contribution >= 0.6 is 0 Å². The van der Waals surface area contributed by atoms with Crippen molar-refractivity contribution in [3.63, 3.8) is 0 Å². The summed E-state index contributed by atoms with van der Waals surface area (Å²) in [4.78, 5) is 15.0. The zero-order valence-corrected chi connectivity index (χ0v) is 26.9. The normalized spacial score (nSPS) is 26.9. The number of aliphatic hydroxyl groups is 1. The maximum Gasteiger partial charge on any atom is 0.302 e. The van der Waals surface area contributed by atoms with Crippen molar-refractivity contribution < 1.29 is 28.5 Å². The van der Waals surface area contributed by atoms with E-state index in [1.165, 1.54) is 6.92 Å². The lowest BCUT2D eigenvalue weighted by Gasteiger charge is -2.60. The number of hydrogen-bond donors (Lipinski definition) is 1. The lowest BCUT2D eigenvalue weighted by molar-refractivity contribution is -0.273. The van der Waals surface area contributed by atoms with Crippen LogP contribution in [0, 0.1) is 0 Å². The molecule has 1 N–H and O–H groups in total. The van der Waals surface area contributed by atoms with Crippen molar-refractivity contribution in [2.24, 2.45) is 5.11 Å². The van der Waals surface area contributed by atoms with Gasteiger partial charge in [0.25, 0.3) is 0 Å². The Kier molecular flexibility index (Phi) is 10.1. The van der Waals surface area contributed by atoms with E-state index in [9.17, 15) is 15.4 Å². The minimum atomic E-state index is -2.77. The molecular formula is C27H47N3O6Si2. The predicted octanol–water partition coefficient (Wildman–Crippen LogP) is 6.34. The molecule has 1 aromatic carbocycles. The van der Waals surface area contributed by atoms with E-state index in [1.807, 2.05) is 30.3 Å². The fourth-order valence-corrected chi connectivity index (χ4v) is 8.63. The summed E-state index contributed by atoms with van der Waals surface area (Å²) in [5, 5.41) is 14.9. The van der Waals surface area contributed by atoms with Gasteiger partial charge in [-0.15, -0.1) is 0 Å². The SMILES string of the molecule is CC(=O)OC[C@H]1O[C@@H](O[Si](C)(C)C(C)(C)C)[C@H](N=[N+]=[N-])[C@@H](OCc2ccccc2)[C@@]1(O)[Si](C)(C)C(C)(C)C. The van der Waals surface area contributed by atoms with Gasteiger partial charge in [-0.1, -0.05) is 90.1 Å². The summed E-state index contributed by atoms with van der Waals surface area (Å²) in [5.41, 5.74) is 10.5. The Labute approximate surface area is 230 Å². The van der Waals surface area contributed by atoms with Crippen molar-refractivity contribution in [1.82, 2.24) is 0 Å². The van der Waals surface area contributed by atoms with Crippen LogP contribution in [0.25, 0.3) is 10.4 Å². The van der Waals surface area contributed by atoms with Crippen LogP contribution < -0.4 is 0 Å². The van der Waals surface area contributed by atoms with Crippen molar-refractivity contribution in [2.75, 3.05) is 6.61 Å². The molecule has 2 rings (SSSR count). The summed E-state index contributed by atoms with van der Waals surface area (Å²) in [5.74, 6) is -0.480. The van der Waals surface area contributed by atoms with E-state index in [1.54, 1.807) is 0 Å². The standard InChI is InChI=1S/C27H47N3O6Si2/c1-19(31)33-18-21-27(32,37(8,9)25(2,3)4)23(34-17-20-15-13-12-14-16-20)22(29-30-28)24(35-21)36-38(10,11)26(5,6)7/h12-16,21-24,32H,17-18H2,1-11H3/t21-,22-,23-,24+,27+/m1/s1. The number of benzene rings is 1. The molecule has 1 aliphatic heterocycles. The van der Waals surface area contributed by atoms with Crippen molar-refractivity contribution in [3.8, 4) is 0 Å². The molecule has 1 saturated heterocycles. The lowest BCUT2D eigenvalue weighted by atomic mass is 9.96. The van der Waals surface area contributed by atoms with Crippen molar-refractivity contribution in [1.29, 1.82) is 0 Å². The van der Waals surface area contributed by atoms with Crippen LogP contribution in [0.3, 0.4) is 0 Å². The van der Waals surface area contributed by atoms with E-state index >= 15 is 0 Å². The minimum absolute atomic E-state index is 0.157. The summed E-state index contributed by atoms with van der Waals surface area (Å²) < 4.78 is 25.1. The van der Waals surface area contributed by atoms with Crippen molar-refractivity contribution >= 4 is 22.4 Å².